The van der Waals surface area contributed by atoms with Gasteiger partial charge in [-0.2, -0.15) is 0 Å². The standard InChI is InChI=1S/C25H27P/c1-4-19-9-10-24-22(16(19)2)12-13-23-17(3)21(11-14-25(23)24)20-7-5-18(15-26)6-8-20/h5-11,14H,4,12-13,15,26H2,1-3H3. The average Bonchev–Trinajstić information content (AvgIpc) is 2.68. The highest BCUT2D eigenvalue weighted by Gasteiger charge is 2.21. The maximum atomic E-state index is 2.80. The van der Waals surface area contributed by atoms with Gasteiger partial charge in [0.15, 0.2) is 0 Å². The molecule has 3 aromatic rings. The molecule has 3 aromatic carbocycles. The normalized spacial score (nSPS) is 12.6. The molecule has 0 aliphatic heterocycles. The third-order valence-corrected chi connectivity index (χ3v) is 6.58. The summed E-state index contributed by atoms with van der Waals surface area (Å²) in [6.07, 6.45) is 4.45. The molecule has 0 N–H and O–H groups in total. The molecule has 0 aromatic heterocycles. The fraction of sp³-hybridized carbons (Fsp3) is 0.280. The van der Waals surface area contributed by atoms with Crippen molar-refractivity contribution in [1.82, 2.24) is 0 Å². The Morgan fingerprint density at radius 2 is 1.31 bits per heavy atom. The van der Waals surface area contributed by atoms with Crippen molar-refractivity contribution in [3.8, 4) is 22.3 Å². The van der Waals surface area contributed by atoms with Crippen LogP contribution in [0.1, 0.15) is 40.3 Å². The van der Waals surface area contributed by atoms with Gasteiger partial charge in [-0.15, -0.1) is 9.24 Å². The maximum Gasteiger partial charge on any atom is -0.0128 e. The molecule has 4 rings (SSSR count). The SMILES string of the molecule is CCc1ccc2c(c1C)CCc1c-2ccc(-c2ccc(CP)cc2)c1C. The molecule has 0 nitrogen and oxygen atoms in total. The number of benzene rings is 3. The summed E-state index contributed by atoms with van der Waals surface area (Å²) >= 11 is 0. The van der Waals surface area contributed by atoms with E-state index in [9.17, 15) is 0 Å². The number of aryl methyl sites for hydroxylation is 1. The van der Waals surface area contributed by atoms with Gasteiger partial charge in [-0.3, -0.25) is 0 Å². The summed E-state index contributed by atoms with van der Waals surface area (Å²) in [5, 5.41) is 0. The molecule has 0 spiro atoms. The van der Waals surface area contributed by atoms with Crippen molar-refractivity contribution in [2.75, 3.05) is 0 Å². The third-order valence-electron chi connectivity index (χ3n) is 6.11. The van der Waals surface area contributed by atoms with Crippen molar-refractivity contribution in [3.63, 3.8) is 0 Å². The van der Waals surface area contributed by atoms with Crippen molar-refractivity contribution in [1.29, 1.82) is 0 Å². The number of fused-ring (bicyclic) bond motifs is 3. The predicted octanol–water partition coefficient (Wildman–Crippen LogP) is 6.67. The van der Waals surface area contributed by atoms with E-state index in [4.69, 9.17) is 0 Å². The highest BCUT2D eigenvalue weighted by molar-refractivity contribution is 7.15. The predicted molar refractivity (Wildman–Crippen MR) is 117 cm³/mol. The Kier molecular flexibility index (Phi) is 4.72. The van der Waals surface area contributed by atoms with Crippen molar-refractivity contribution in [2.24, 2.45) is 0 Å². The quantitative estimate of drug-likeness (QED) is 0.458. The summed E-state index contributed by atoms with van der Waals surface area (Å²) in [4.78, 5) is 0. The molecule has 1 unspecified atom stereocenters. The summed E-state index contributed by atoms with van der Waals surface area (Å²) in [7, 11) is 2.80. The lowest BCUT2D eigenvalue weighted by Crippen LogP contribution is -2.09. The molecule has 1 aliphatic carbocycles. The first-order valence-electron chi connectivity index (χ1n) is 9.67. The Labute approximate surface area is 159 Å². The van der Waals surface area contributed by atoms with Crippen LogP contribution in [-0.4, -0.2) is 0 Å². The zero-order chi connectivity index (χ0) is 18.3. The Hall–Kier alpha value is -1.91. The van der Waals surface area contributed by atoms with E-state index < -0.39 is 0 Å². The van der Waals surface area contributed by atoms with Crippen LogP contribution in [0.2, 0.25) is 0 Å². The number of rotatable bonds is 3. The molecule has 0 saturated carbocycles. The van der Waals surface area contributed by atoms with Gasteiger partial charge in [0, 0.05) is 0 Å². The minimum absolute atomic E-state index is 1.01. The van der Waals surface area contributed by atoms with Crippen LogP contribution in [0.25, 0.3) is 22.3 Å². The summed E-state index contributed by atoms with van der Waals surface area (Å²) in [6.45, 7) is 6.86. The minimum Gasteiger partial charge on any atom is -0.133 e. The first kappa shape index (κ1) is 17.5. The van der Waals surface area contributed by atoms with Gasteiger partial charge in [0.2, 0.25) is 0 Å². The van der Waals surface area contributed by atoms with Crippen LogP contribution in [0.15, 0.2) is 48.5 Å². The van der Waals surface area contributed by atoms with Crippen molar-refractivity contribution < 1.29 is 0 Å². The van der Waals surface area contributed by atoms with Gasteiger partial charge >= 0.3 is 0 Å². The minimum atomic E-state index is 1.01. The zero-order valence-electron chi connectivity index (χ0n) is 16.0. The van der Waals surface area contributed by atoms with Crippen LogP contribution >= 0.6 is 9.24 Å². The topological polar surface area (TPSA) is 0 Å². The zero-order valence-corrected chi connectivity index (χ0v) is 17.2. The van der Waals surface area contributed by atoms with E-state index in [2.05, 4.69) is 78.5 Å². The van der Waals surface area contributed by atoms with Crippen molar-refractivity contribution in [3.05, 3.63) is 81.9 Å². The van der Waals surface area contributed by atoms with E-state index in [0.717, 1.165) is 25.4 Å². The van der Waals surface area contributed by atoms with Gasteiger partial charge in [-0.25, -0.2) is 0 Å². The Balaban J connectivity index is 1.82. The van der Waals surface area contributed by atoms with Gasteiger partial charge in [0.1, 0.15) is 0 Å². The monoisotopic (exact) mass is 358 g/mol. The van der Waals surface area contributed by atoms with Gasteiger partial charge in [0.25, 0.3) is 0 Å². The van der Waals surface area contributed by atoms with Crippen LogP contribution in [0.5, 0.6) is 0 Å². The van der Waals surface area contributed by atoms with E-state index in [1.165, 1.54) is 50.1 Å². The summed E-state index contributed by atoms with van der Waals surface area (Å²) in [5.41, 5.74) is 14.5. The van der Waals surface area contributed by atoms with E-state index in [1.807, 2.05) is 0 Å². The second kappa shape index (κ2) is 7.01. The van der Waals surface area contributed by atoms with Crippen LogP contribution in [0, 0.1) is 13.8 Å². The van der Waals surface area contributed by atoms with E-state index in [-0.39, 0.29) is 0 Å². The van der Waals surface area contributed by atoms with E-state index in [0.29, 0.717) is 0 Å². The lowest BCUT2D eigenvalue weighted by Gasteiger charge is -2.26. The lowest BCUT2D eigenvalue weighted by atomic mass is 9.79. The Morgan fingerprint density at radius 3 is 1.92 bits per heavy atom. The number of hydrogen-bond acceptors (Lipinski definition) is 0. The molecule has 26 heavy (non-hydrogen) atoms. The second-order valence-electron chi connectivity index (χ2n) is 7.39. The van der Waals surface area contributed by atoms with Gasteiger partial charge < -0.3 is 0 Å². The molecule has 0 saturated heterocycles. The molecule has 1 atom stereocenters. The molecule has 132 valence electrons. The van der Waals surface area contributed by atoms with Gasteiger partial charge in [-0.1, -0.05) is 55.5 Å². The fourth-order valence-electron chi connectivity index (χ4n) is 4.48. The average molecular weight is 358 g/mol. The van der Waals surface area contributed by atoms with Crippen LogP contribution in [0.4, 0.5) is 0 Å². The lowest BCUT2D eigenvalue weighted by molar-refractivity contribution is 0.912. The fourth-order valence-corrected chi connectivity index (χ4v) is 4.75. The van der Waals surface area contributed by atoms with E-state index >= 15 is 0 Å². The van der Waals surface area contributed by atoms with Crippen LogP contribution in [-0.2, 0) is 25.4 Å². The second-order valence-corrected chi connectivity index (χ2v) is 7.80. The van der Waals surface area contributed by atoms with Crippen molar-refractivity contribution in [2.45, 2.75) is 46.2 Å². The van der Waals surface area contributed by atoms with Gasteiger partial charge in [0.05, 0.1) is 0 Å². The van der Waals surface area contributed by atoms with Gasteiger partial charge in [-0.05, 0) is 94.9 Å². The van der Waals surface area contributed by atoms with E-state index in [1.54, 1.807) is 5.56 Å². The largest absolute Gasteiger partial charge is 0.133 e. The highest BCUT2D eigenvalue weighted by atomic mass is 31.0. The molecule has 0 radical (unpaired) electrons. The molecular weight excluding hydrogens is 331 g/mol. The molecule has 0 bridgehead atoms. The molecule has 0 amide bonds. The molecule has 0 heterocycles. The van der Waals surface area contributed by atoms with Crippen LogP contribution in [0.3, 0.4) is 0 Å². The first-order valence-corrected chi connectivity index (χ1v) is 10.5. The summed E-state index contributed by atoms with van der Waals surface area (Å²) in [6, 6.07) is 18.4. The smallest absolute Gasteiger partial charge is 0.0128 e. The Bertz CT molecular complexity index is 964. The maximum absolute atomic E-state index is 2.80. The summed E-state index contributed by atoms with van der Waals surface area (Å²) in [5.74, 6) is 0. The first-order chi connectivity index (χ1) is 12.6. The molecular formula is C25H27P. The molecule has 0 fully saturated rings. The molecule has 1 heteroatoms. The van der Waals surface area contributed by atoms with Crippen molar-refractivity contribution >= 4 is 9.24 Å². The third kappa shape index (κ3) is 2.81. The summed E-state index contributed by atoms with van der Waals surface area (Å²) < 4.78 is 0. The van der Waals surface area contributed by atoms with Crippen LogP contribution < -0.4 is 0 Å². The Morgan fingerprint density at radius 1 is 0.731 bits per heavy atom. The highest BCUT2D eigenvalue weighted by Crippen LogP contribution is 2.40. The molecule has 1 aliphatic rings. The number of hydrogen-bond donors (Lipinski definition) is 0.